The predicted molar refractivity (Wildman–Crippen MR) is 159 cm³/mol. The number of phenolic OH excluding ortho intramolecular Hbond substituents is 1. The summed E-state index contributed by atoms with van der Waals surface area (Å²) < 4.78 is 28.8. The zero-order valence-corrected chi connectivity index (χ0v) is 24.6. The van der Waals surface area contributed by atoms with Crippen LogP contribution < -0.4 is 11.2 Å². The van der Waals surface area contributed by atoms with Gasteiger partial charge in [0, 0.05) is 16.5 Å². The summed E-state index contributed by atoms with van der Waals surface area (Å²) in [6.45, 7) is 0. The first-order valence-corrected chi connectivity index (χ1v) is 14.9. The molecule has 1 saturated carbocycles. The first-order valence-electron chi connectivity index (χ1n) is 14.5. The lowest BCUT2D eigenvalue weighted by molar-refractivity contribution is -0.139. The molecule has 10 nitrogen and oxygen atoms in total. The van der Waals surface area contributed by atoms with Gasteiger partial charge in [-0.2, -0.15) is 9.91 Å². The van der Waals surface area contributed by atoms with Crippen LogP contribution in [0.25, 0.3) is 0 Å². The molecule has 2 aliphatic carbocycles. The van der Waals surface area contributed by atoms with Crippen LogP contribution in [0.1, 0.15) is 29.9 Å². The summed E-state index contributed by atoms with van der Waals surface area (Å²) in [6.07, 6.45) is 1.57. The van der Waals surface area contributed by atoms with E-state index in [1.165, 1.54) is 24.3 Å². The van der Waals surface area contributed by atoms with Crippen LogP contribution in [0.3, 0.4) is 0 Å². The quantitative estimate of drug-likeness (QED) is 0.281. The number of carbonyl (C=O) groups excluding carboxylic acids is 5. The number of hydrogen-bond donors (Lipinski definition) is 3. The lowest BCUT2D eigenvalue weighted by Gasteiger charge is -2.50. The topological polar surface area (TPSA) is 150 Å². The van der Waals surface area contributed by atoms with Gasteiger partial charge in [0.15, 0.2) is 11.6 Å². The van der Waals surface area contributed by atoms with Gasteiger partial charge in [-0.15, -0.1) is 0 Å². The van der Waals surface area contributed by atoms with Crippen LogP contribution in [0.5, 0.6) is 5.75 Å². The highest BCUT2D eigenvalue weighted by atomic mass is 35.5. The Hall–Kier alpha value is -5.10. The number of halogens is 3. The molecule has 3 aromatic rings. The molecule has 7 rings (SSSR count). The number of likely N-dealkylation sites (tertiary alicyclic amines) is 1. The van der Waals surface area contributed by atoms with Crippen LogP contribution in [0.4, 0.5) is 19.3 Å². The molecule has 2 saturated heterocycles. The van der Waals surface area contributed by atoms with Crippen molar-refractivity contribution in [3.63, 3.8) is 0 Å². The summed E-state index contributed by atoms with van der Waals surface area (Å²) in [7, 11) is 0. The molecule has 0 unspecified atom stereocenters. The number of phenols is 1. The van der Waals surface area contributed by atoms with Crippen molar-refractivity contribution in [1.29, 1.82) is 0 Å². The molecule has 0 radical (unpaired) electrons. The molecule has 6 amide bonds. The number of nitrogens with zero attached hydrogens (tertiary/aromatic N) is 2. The number of nitrogens with two attached hydrogens (primary N) is 1. The number of urea groups is 1. The van der Waals surface area contributed by atoms with Crippen LogP contribution in [0.15, 0.2) is 78.4 Å². The second kappa shape index (κ2) is 10.5. The van der Waals surface area contributed by atoms with Crippen molar-refractivity contribution in [3.8, 4) is 5.75 Å². The summed E-state index contributed by atoms with van der Waals surface area (Å²) in [4.78, 5) is 68.7. The van der Waals surface area contributed by atoms with Crippen molar-refractivity contribution in [2.24, 2.45) is 29.4 Å². The Balaban J connectivity index is 1.48. The summed E-state index contributed by atoms with van der Waals surface area (Å²) in [5.74, 6) is -10.6. The molecular formula is C33H25ClF2N4O6. The predicted octanol–water partition coefficient (Wildman–Crippen LogP) is 4.39. The lowest BCUT2D eigenvalue weighted by atomic mass is 9.49. The standard InChI is InChI=1S/C33H25ClF2N4O6/c34-16-6-4-15(5-7-16)33-23(29(43)40(31(33)45)38-18-10-8-17(35)9-11-18)14-22-19(26(33)21-2-1-3-24(36)27(21)41)12-13-20-25(22)30(44)39(28(20)42)32(37)46/h1-12,20,22-23,25-26,38,41H,13-14H2,(H2,37,46)/t20-,22+,23-,25-,26+,33+/m0/s1. The van der Waals surface area contributed by atoms with Crippen LogP contribution in [-0.4, -0.2) is 44.7 Å². The number of amides is 6. The Morgan fingerprint density at radius 2 is 1.63 bits per heavy atom. The molecule has 6 atom stereocenters. The van der Waals surface area contributed by atoms with E-state index < -0.39 is 82.0 Å². The van der Waals surface area contributed by atoms with Crippen LogP contribution >= 0.6 is 11.6 Å². The average molecular weight is 647 g/mol. The minimum Gasteiger partial charge on any atom is -0.505 e. The number of primary amides is 1. The average Bonchev–Trinajstić information content (AvgIpc) is 3.41. The molecule has 4 aliphatic rings. The van der Waals surface area contributed by atoms with Crippen LogP contribution in [-0.2, 0) is 24.6 Å². The van der Waals surface area contributed by atoms with E-state index in [0.29, 0.717) is 21.1 Å². The molecular weight excluding hydrogens is 622 g/mol. The fourth-order valence-corrected chi connectivity index (χ4v) is 8.11. The molecule has 4 N–H and O–H groups in total. The third-order valence-electron chi connectivity index (χ3n) is 9.81. The maximum absolute atomic E-state index is 15.1. The van der Waals surface area contributed by atoms with Crippen molar-refractivity contribution in [2.45, 2.75) is 24.2 Å². The molecule has 0 bridgehead atoms. The van der Waals surface area contributed by atoms with E-state index in [4.69, 9.17) is 17.3 Å². The van der Waals surface area contributed by atoms with Crippen LogP contribution in [0.2, 0.25) is 5.02 Å². The van der Waals surface area contributed by atoms with Crippen molar-refractivity contribution < 1.29 is 37.9 Å². The number of hydrogen-bond acceptors (Lipinski definition) is 7. The number of anilines is 1. The highest BCUT2D eigenvalue weighted by Crippen LogP contribution is 2.65. The number of rotatable bonds is 4. The molecule has 3 fully saturated rings. The number of allylic oxidation sites excluding steroid dienone is 2. The van der Waals surface area contributed by atoms with Crippen molar-refractivity contribution in [1.82, 2.24) is 9.91 Å². The summed E-state index contributed by atoms with van der Waals surface area (Å²) in [6, 6.07) is 13.9. The maximum atomic E-state index is 15.1. The Bertz CT molecular complexity index is 1880. The summed E-state index contributed by atoms with van der Waals surface area (Å²) in [5.41, 5.74) is 7.37. The van der Waals surface area contributed by atoms with Crippen LogP contribution in [0, 0.1) is 35.3 Å². The van der Waals surface area contributed by atoms with Crippen molar-refractivity contribution in [3.05, 3.63) is 106 Å². The Morgan fingerprint density at radius 3 is 2.30 bits per heavy atom. The third-order valence-corrected chi connectivity index (χ3v) is 10.1. The number of para-hydroxylation sites is 1. The van der Waals surface area contributed by atoms with Gasteiger partial charge < -0.3 is 10.8 Å². The first-order chi connectivity index (χ1) is 22.0. The van der Waals surface area contributed by atoms with E-state index in [-0.39, 0.29) is 24.1 Å². The minimum atomic E-state index is -1.80. The molecule has 234 valence electrons. The van der Waals surface area contributed by atoms with Crippen molar-refractivity contribution in [2.75, 3.05) is 5.43 Å². The van der Waals surface area contributed by atoms with E-state index in [1.54, 1.807) is 30.3 Å². The molecule has 3 aromatic carbocycles. The van der Waals surface area contributed by atoms with Gasteiger partial charge in [-0.3, -0.25) is 24.6 Å². The lowest BCUT2D eigenvalue weighted by Crippen LogP contribution is -2.53. The van der Waals surface area contributed by atoms with E-state index >= 15 is 4.39 Å². The number of nitrogens with one attached hydrogen (secondary N) is 1. The minimum absolute atomic E-state index is 0.00151. The van der Waals surface area contributed by atoms with E-state index in [9.17, 15) is 33.5 Å². The molecule has 0 aromatic heterocycles. The van der Waals surface area contributed by atoms with Gasteiger partial charge in [-0.05, 0) is 66.8 Å². The zero-order chi connectivity index (χ0) is 32.7. The van der Waals surface area contributed by atoms with E-state index in [1.807, 2.05) is 0 Å². The number of benzene rings is 3. The fraction of sp³-hybridized carbons (Fsp3) is 0.242. The van der Waals surface area contributed by atoms with E-state index in [0.717, 1.165) is 23.2 Å². The van der Waals surface area contributed by atoms with Gasteiger partial charge >= 0.3 is 6.03 Å². The zero-order valence-electron chi connectivity index (χ0n) is 23.8. The Morgan fingerprint density at radius 1 is 0.935 bits per heavy atom. The van der Waals surface area contributed by atoms with Gasteiger partial charge in [0.1, 0.15) is 5.82 Å². The van der Waals surface area contributed by atoms with Gasteiger partial charge in [0.25, 0.3) is 11.8 Å². The first kappa shape index (κ1) is 29.6. The number of aromatic hydroxyl groups is 1. The molecule has 46 heavy (non-hydrogen) atoms. The summed E-state index contributed by atoms with van der Waals surface area (Å²) in [5, 5.41) is 12.3. The van der Waals surface area contributed by atoms with Gasteiger partial charge in [-0.25, -0.2) is 13.6 Å². The smallest absolute Gasteiger partial charge is 0.328 e. The van der Waals surface area contributed by atoms with Gasteiger partial charge in [0.05, 0.1) is 28.9 Å². The van der Waals surface area contributed by atoms with Gasteiger partial charge in [0.2, 0.25) is 11.8 Å². The molecule has 13 heteroatoms. The second-order valence-corrected chi connectivity index (χ2v) is 12.3. The third kappa shape index (κ3) is 4.02. The Kier molecular flexibility index (Phi) is 6.74. The normalized spacial score (nSPS) is 28.5. The monoisotopic (exact) mass is 646 g/mol. The number of carbonyl (C=O) groups is 5. The fourth-order valence-electron chi connectivity index (χ4n) is 7.98. The molecule has 2 heterocycles. The highest BCUT2D eigenvalue weighted by molar-refractivity contribution is 6.30. The summed E-state index contributed by atoms with van der Waals surface area (Å²) >= 11 is 6.23. The molecule has 0 spiro atoms. The largest absolute Gasteiger partial charge is 0.505 e. The highest BCUT2D eigenvalue weighted by Gasteiger charge is 2.71. The Labute approximate surface area is 265 Å². The maximum Gasteiger partial charge on any atom is 0.328 e. The van der Waals surface area contributed by atoms with Gasteiger partial charge in [-0.1, -0.05) is 47.5 Å². The van der Waals surface area contributed by atoms with E-state index in [2.05, 4.69) is 5.43 Å². The number of hydrazine groups is 1. The SMILES string of the molecule is NC(=O)N1C(=O)[C@H]2[C@H](CC=C3[C@H]2C[C@H]2C(=O)N(Nc4ccc(F)cc4)C(=O)[C@@]2(c2ccc(Cl)cc2)[C@H]3c2cccc(F)c2O)C1=O. The second-order valence-electron chi connectivity index (χ2n) is 11.9. The van der Waals surface area contributed by atoms with Crippen molar-refractivity contribution >= 4 is 46.9 Å². The molecule has 2 aliphatic heterocycles. The number of imide groups is 4. The number of fused-ring (bicyclic) bond motifs is 4.